The third kappa shape index (κ3) is 3.75. The smallest absolute Gasteiger partial charge is 0.0398 e. The minimum Gasteiger partial charge on any atom is -0.371 e. The predicted molar refractivity (Wildman–Crippen MR) is 88.3 cm³/mol. The van der Waals surface area contributed by atoms with Crippen LogP contribution in [0.1, 0.15) is 39.2 Å². The molecule has 0 saturated heterocycles. The summed E-state index contributed by atoms with van der Waals surface area (Å²) in [6, 6.07) is 8.95. The van der Waals surface area contributed by atoms with Crippen molar-refractivity contribution in [3.63, 3.8) is 0 Å². The highest BCUT2D eigenvalue weighted by molar-refractivity contribution is 9.09. The minimum atomic E-state index is 0.352. The van der Waals surface area contributed by atoms with Crippen LogP contribution < -0.4 is 4.90 Å². The summed E-state index contributed by atoms with van der Waals surface area (Å²) >= 11 is 3.71. The van der Waals surface area contributed by atoms with Gasteiger partial charge in [-0.2, -0.15) is 0 Å². The third-order valence-corrected chi connectivity index (χ3v) is 5.09. The molecule has 1 atom stereocenters. The molecule has 1 aromatic carbocycles. The molecule has 0 amide bonds. The molecule has 0 bridgehead atoms. The maximum Gasteiger partial charge on any atom is 0.0398 e. The van der Waals surface area contributed by atoms with Gasteiger partial charge in [0.2, 0.25) is 0 Å². The van der Waals surface area contributed by atoms with E-state index in [2.05, 4.69) is 65.9 Å². The van der Waals surface area contributed by atoms with E-state index in [-0.39, 0.29) is 0 Å². The van der Waals surface area contributed by atoms with Gasteiger partial charge in [0.05, 0.1) is 0 Å². The highest BCUT2D eigenvalue weighted by atomic mass is 79.9. The van der Waals surface area contributed by atoms with Gasteiger partial charge in [-0.05, 0) is 42.2 Å². The maximum atomic E-state index is 3.71. The fourth-order valence-electron chi connectivity index (χ4n) is 2.78. The number of alkyl halides is 1. The Hall–Kier alpha value is -0.500. The lowest BCUT2D eigenvalue weighted by Gasteiger charge is -2.35. The molecule has 0 spiro atoms. The lowest BCUT2D eigenvalue weighted by molar-refractivity contribution is 0.270. The molecule has 0 saturated carbocycles. The second-order valence-corrected chi connectivity index (χ2v) is 7.40. The van der Waals surface area contributed by atoms with Crippen LogP contribution in [0.3, 0.4) is 0 Å². The van der Waals surface area contributed by atoms with Crippen molar-refractivity contribution in [1.82, 2.24) is 0 Å². The van der Waals surface area contributed by atoms with E-state index in [4.69, 9.17) is 0 Å². The Labute approximate surface area is 126 Å². The van der Waals surface area contributed by atoms with Crippen molar-refractivity contribution in [2.75, 3.05) is 23.3 Å². The molecule has 0 aliphatic carbocycles. The summed E-state index contributed by atoms with van der Waals surface area (Å²) in [6.07, 6.45) is 3.87. The number of anilines is 1. The van der Waals surface area contributed by atoms with Gasteiger partial charge in [0.15, 0.2) is 0 Å². The molecule has 106 valence electrons. The van der Waals surface area contributed by atoms with E-state index < -0.39 is 0 Å². The van der Waals surface area contributed by atoms with Gasteiger partial charge in [-0.3, -0.25) is 0 Å². The second kappa shape index (κ2) is 6.30. The molecule has 1 heterocycles. The zero-order chi connectivity index (χ0) is 13.9. The molecule has 2 heteroatoms. The summed E-state index contributed by atoms with van der Waals surface area (Å²) in [7, 11) is 0. The Bertz CT molecular complexity index is 408. The predicted octanol–water partition coefficient (Wildman–Crippen LogP) is 4.89. The van der Waals surface area contributed by atoms with Crippen LogP contribution in [0.2, 0.25) is 0 Å². The van der Waals surface area contributed by atoms with Crippen LogP contribution in [0.5, 0.6) is 0 Å². The first-order valence-corrected chi connectivity index (χ1v) is 8.53. The maximum absolute atomic E-state index is 3.71. The van der Waals surface area contributed by atoms with Crippen molar-refractivity contribution in [2.24, 2.45) is 11.3 Å². The van der Waals surface area contributed by atoms with Crippen LogP contribution in [-0.2, 0) is 6.42 Å². The molecule has 0 radical (unpaired) electrons. The lowest BCUT2D eigenvalue weighted by atomic mass is 9.81. The first-order chi connectivity index (χ1) is 9.02. The van der Waals surface area contributed by atoms with Crippen molar-refractivity contribution >= 4 is 21.6 Å². The Balaban J connectivity index is 2.20. The van der Waals surface area contributed by atoms with E-state index >= 15 is 0 Å². The third-order valence-electron chi connectivity index (χ3n) is 4.31. The molecule has 1 aromatic rings. The van der Waals surface area contributed by atoms with Gasteiger partial charge in [0.25, 0.3) is 0 Å². The average Bonchev–Trinajstić information content (AvgIpc) is 2.57. The molecule has 2 rings (SSSR count). The van der Waals surface area contributed by atoms with Crippen molar-refractivity contribution in [3.05, 3.63) is 29.8 Å². The van der Waals surface area contributed by atoms with Gasteiger partial charge in [-0.15, -0.1) is 0 Å². The van der Waals surface area contributed by atoms with Crippen molar-refractivity contribution in [1.29, 1.82) is 0 Å². The van der Waals surface area contributed by atoms with Crippen LogP contribution in [0, 0.1) is 11.3 Å². The Kier molecular flexibility index (Phi) is 4.94. The molecule has 1 nitrogen and oxygen atoms in total. The number of fused-ring (bicyclic) bond motifs is 1. The number of aryl methyl sites for hydroxylation is 1. The summed E-state index contributed by atoms with van der Waals surface area (Å²) in [5.74, 6) is 0.679. The molecule has 1 aliphatic heterocycles. The standard InChI is InChI=1S/C17H26BrN/c1-17(2,3)15(12-18)13-19-11-7-6-9-14-8-4-5-10-16(14)19/h4-5,8,10,15H,6-7,9,11-13H2,1-3H3. The molecule has 1 aliphatic rings. The van der Waals surface area contributed by atoms with E-state index in [0.717, 1.165) is 11.9 Å². The summed E-state index contributed by atoms with van der Waals surface area (Å²) in [6.45, 7) is 9.41. The highest BCUT2D eigenvalue weighted by Gasteiger charge is 2.27. The van der Waals surface area contributed by atoms with Crippen molar-refractivity contribution < 1.29 is 0 Å². The monoisotopic (exact) mass is 323 g/mol. The van der Waals surface area contributed by atoms with Crippen LogP contribution in [0.4, 0.5) is 5.69 Å². The molecular formula is C17H26BrN. The van der Waals surface area contributed by atoms with Crippen molar-refractivity contribution in [2.45, 2.75) is 40.0 Å². The van der Waals surface area contributed by atoms with Crippen molar-refractivity contribution in [3.8, 4) is 0 Å². The summed E-state index contributed by atoms with van der Waals surface area (Å²) in [5, 5.41) is 1.08. The Morgan fingerprint density at radius 1 is 1.21 bits per heavy atom. The number of halogens is 1. The van der Waals surface area contributed by atoms with Gasteiger partial charge in [-0.1, -0.05) is 54.9 Å². The molecule has 0 aromatic heterocycles. The second-order valence-electron chi connectivity index (χ2n) is 6.75. The summed E-state index contributed by atoms with van der Waals surface area (Å²) < 4.78 is 0. The first kappa shape index (κ1) is 14.9. The van der Waals surface area contributed by atoms with Gasteiger partial charge in [-0.25, -0.2) is 0 Å². The zero-order valence-corrected chi connectivity index (χ0v) is 14.0. The quantitative estimate of drug-likeness (QED) is 0.716. The number of hydrogen-bond donors (Lipinski definition) is 0. The van der Waals surface area contributed by atoms with E-state index in [1.807, 2.05) is 0 Å². The number of para-hydroxylation sites is 1. The van der Waals surface area contributed by atoms with Gasteiger partial charge >= 0.3 is 0 Å². The Morgan fingerprint density at radius 3 is 2.63 bits per heavy atom. The van der Waals surface area contributed by atoms with Crippen LogP contribution in [0.15, 0.2) is 24.3 Å². The number of benzene rings is 1. The van der Waals surface area contributed by atoms with Gasteiger partial charge in [0, 0.05) is 24.1 Å². The van der Waals surface area contributed by atoms with E-state index in [0.29, 0.717) is 11.3 Å². The molecule has 0 N–H and O–H groups in total. The fraction of sp³-hybridized carbons (Fsp3) is 0.647. The Morgan fingerprint density at radius 2 is 1.95 bits per heavy atom. The van der Waals surface area contributed by atoms with E-state index in [9.17, 15) is 0 Å². The van der Waals surface area contributed by atoms with Gasteiger partial charge in [0.1, 0.15) is 0 Å². The fourth-order valence-corrected chi connectivity index (χ4v) is 3.96. The lowest BCUT2D eigenvalue weighted by Crippen LogP contribution is -2.37. The van der Waals surface area contributed by atoms with Crippen LogP contribution >= 0.6 is 15.9 Å². The molecule has 0 fully saturated rings. The first-order valence-electron chi connectivity index (χ1n) is 7.41. The van der Waals surface area contributed by atoms with Crippen LogP contribution in [0.25, 0.3) is 0 Å². The number of hydrogen-bond acceptors (Lipinski definition) is 1. The minimum absolute atomic E-state index is 0.352. The van der Waals surface area contributed by atoms with E-state index in [1.165, 1.54) is 37.1 Å². The average molecular weight is 324 g/mol. The molecule has 19 heavy (non-hydrogen) atoms. The normalized spacial score (nSPS) is 17.8. The molecular weight excluding hydrogens is 298 g/mol. The highest BCUT2D eigenvalue weighted by Crippen LogP contribution is 2.32. The molecule has 1 unspecified atom stereocenters. The van der Waals surface area contributed by atoms with Gasteiger partial charge < -0.3 is 4.90 Å². The summed E-state index contributed by atoms with van der Waals surface area (Å²) in [5.41, 5.74) is 3.35. The number of rotatable bonds is 3. The summed E-state index contributed by atoms with van der Waals surface area (Å²) in [4.78, 5) is 2.61. The topological polar surface area (TPSA) is 3.24 Å². The van der Waals surface area contributed by atoms with Crippen LogP contribution in [-0.4, -0.2) is 18.4 Å². The largest absolute Gasteiger partial charge is 0.371 e. The van der Waals surface area contributed by atoms with E-state index in [1.54, 1.807) is 0 Å². The SMILES string of the molecule is CC(C)(C)C(CBr)CN1CCCCc2ccccc21. The zero-order valence-electron chi connectivity index (χ0n) is 12.5. The number of nitrogens with zero attached hydrogens (tertiary/aromatic N) is 1.